The van der Waals surface area contributed by atoms with Crippen LogP contribution >= 0.6 is 0 Å². The molecule has 2 aromatic carbocycles. The number of nitro groups is 1. The van der Waals surface area contributed by atoms with Crippen molar-refractivity contribution in [3.05, 3.63) is 80.8 Å². The van der Waals surface area contributed by atoms with Gasteiger partial charge in [0.15, 0.2) is 0 Å². The van der Waals surface area contributed by atoms with Crippen LogP contribution in [0.25, 0.3) is 5.69 Å². The molecule has 180 valence electrons. The number of urea groups is 1. The number of aromatic nitrogens is 4. The molecule has 0 radical (unpaired) electrons. The van der Waals surface area contributed by atoms with E-state index in [-0.39, 0.29) is 30.9 Å². The van der Waals surface area contributed by atoms with Crippen LogP contribution < -0.4 is 5.69 Å². The maximum atomic E-state index is 12.8. The number of carboxylic acids is 1. The molecule has 0 saturated carbocycles. The molecule has 0 fully saturated rings. The number of tetrazole rings is 1. The quantitative estimate of drug-likeness (QED) is 0.378. The Hall–Kier alpha value is -4.68. The van der Waals surface area contributed by atoms with Crippen LogP contribution in [0.15, 0.2) is 64.4 Å². The molecule has 13 nitrogen and oxygen atoms in total. The van der Waals surface area contributed by atoms with E-state index in [9.17, 15) is 29.6 Å². The van der Waals surface area contributed by atoms with Gasteiger partial charge in [-0.15, -0.1) is 0 Å². The lowest BCUT2D eigenvalue weighted by Gasteiger charge is -2.37. The van der Waals surface area contributed by atoms with E-state index in [1.807, 2.05) is 0 Å². The third kappa shape index (κ3) is 4.69. The Morgan fingerprint density at radius 2 is 1.83 bits per heavy atom. The Balaban J connectivity index is 1.59. The zero-order valence-corrected chi connectivity index (χ0v) is 18.6. The van der Waals surface area contributed by atoms with Crippen LogP contribution in [0, 0.1) is 16.0 Å². The highest BCUT2D eigenvalue weighted by Gasteiger charge is 2.42. The smallest absolute Gasteiger partial charge is 0.368 e. The molecule has 0 aliphatic carbocycles. The summed E-state index contributed by atoms with van der Waals surface area (Å²) in [4.78, 5) is 53.3. The van der Waals surface area contributed by atoms with Crippen molar-refractivity contribution in [3.8, 4) is 5.69 Å². The van der Waals surface area contributed by atoms with Crippen molar-refractivity contribution in [3.63, 3.8) is 0 Å². The molecule has 1 aromatic heterocycles. The number of benzene rings is 2. The van der Waals surface area contributed by atoms with E-state index in [4.69, 9.17) is 0 Å². The number of rotatable bonds is 8. The van der Waals surface area contributed by atoms with E-state index in [2.05, 4.69) is 15.4 Å². The summed E-state index contributed by atoms with van der Waals surface area (Å²) >= 11 is 0. The molecule has 2 unspecified atom stereocenters. The van der Waals surface area contributed by atoms with Crippen molar-refractivity contribution in [2.45, 2.75) is 25.9 Å². The zero-order chi connectivity index (χ0) is 25.1. The van der Waals surface area contributed by atoms with Crippen LogP contribution in [0.2, 0.25) is 0 Å². The number of hydrogen-bond acceptors (Lipinski definition) is 7. The molecular weight excluding hydrogens is 458 g/mol. The lowest BCUT2D eigenvalue weighted by molar-refractivity contribution is -0.385. The molecule has 0 bridgehead atoms. The van der Waals surface area contributed by atoms with Crippen molar-refractivity contribution in [1.29, 1.82) is 0 Å². The summed E-state index contributed by atoms with van der Waals surface area (Å²) in [6.07, 6.45) is 0.242. The number of carboxylic acid groups (broad SMARTS) is 1. The van der Waals surface area contributed by atoms with Gasteiger partial charge in [-0.1, -0.05) is 30.3 Å². The van der Waals surface area contributed by atoms with E-state index in [0.29, 0.717) is 11.3 Å². The molecule has 2 heterocycles. The fraction of sp³-hybridized carbons (Fsp3) is 0.273. The molecule has 1 N–H and O–H groups in total. The van der Waals surface area contributed by atoms with Crippen LogP contribution in [0.1, 0.15) is 24.9 Å². The second kappa shape index (κ2) is 9.67. The number of nitrogens with zero attached hydrogens (tertiary/aromatic N) is 7. The molecule has 1 aliphatic heterocycles. The number of aliphatic imine (C=N–C) groups is 1. The predicted octanol–water partition coefficient (Wildman–Crippen LogP) is 2.07. The number of carbonyl (C=O) groups excluding carboxylic acids is 1. The minimum absolute atomic E-state index is 0.0391. The van der Waals surface area contributed by atoms with E-state index < -0.39 is 34.6 Å². The highest BCUT2D eigenvalue weighted by molar-refractivity contribution is 6.07. The first kappa shape index (κ1) is 23.5. The summed E-state index contributed by atoms with van der Waals surface area (Å²) < 4.78 is 2.29. The number of non-ortho nitro benzene ring substituents is 1. The highest BCUT2D eigenvalue weighted by Crippen LogP contribution is 2.35. The van der Waals surface area contributed by atoms with Gasteiger partial charge in [0, 0.05) is 30.9 Å². The third-order valence-corrected chi connectivity index (χ3v) is 5.72. The van der Waals surface area contributed by atoms with Crippen molar-refractivity contribution < 1.29 is 19.6 Å². The summed E-state index contributed by atoms with van der Waals surface area (Å²) in [5.74, 6) is -2.39. The Kier molecular flexibility index (Phi) is 6.48. The van der Waals surface area contributed by atoms with E-state index in [1.165, 1.54) is 30.0 Å². The molecular formula is C22H21N7O6. The van der Waals surface area contributed by atoms with Crippen LogP contribution in [0.3, 0.4) is 0 Å². The van der Waals surface area contributed by atoms with Gasteiger partial charge in [-0.2, -0.15) is 9.36 Å². The molecule has 13 heteroatoms. The maximum Gasteiger partial charge on any atom is 0.368 e. The van der Waals surface area contributed by atoms with Crippen molar-refractivity contribution >= 4 is 23.4 Å². The van der Waals surface area contributed by atoms with Gasteiger partial charge in [0.1, 0.15) is 5.92 Å². The molecule has 2 atom stereocenters. The van der Waals surface area contributed by atoms with Crippen LogP contribution in [0.5, 0.6) is 0 Å². The SMILES string of the molecule is CC1=NC(=O)N(CCCn2nnn(-c3ccccc3)c2=O)C(c2cccc([N+](=O)[O-])c2)C1C(=O)O. The van der Waals surface area contributed by atoms with Gasteiger partial charge in [-0.25, -0.2) is 14.6 Å². The number of aryl methyl sites for hydroxylation is 1. The first-order valence-electron chi connectivity index (χ1n) is 10.7. The number of para-hydroxylation sites is 1. The Bertz CT molecular complexity index is 1360. The standard InChI is InChI=1S/C22H21N7O6/c1-14-18(20(30)31)19(15-7-5-10-17(13-15)29(34)35)26(21(32)23-14)11-6-12-27-22(33)28(25-24-27)16-8-3-2-4-9-16/h2-5,7-10,13,18-19H,6,11-12H2,1H3,(H,30,31). The number of nitro benzene ring substituents is 1. The zero-order valence-electron chi connectivity index (χ0n) is 18.6. The Morgan fingerprint density at radius 3 is 2.51 bits per heavy atom. The van der Waals surface area contributed by atoms with Gasteiger partial charge in [-0.05, 0) is 41.5 Å². The highest BCUT2D eigenvalue weighted by atomic mass is 16.6. The second-order valence-electron chi connectivity index (χ2n) is 7.93. The van der Waals surface area contributed by atoms with Gasteiger partial charge in [0.25, 0.3) is 5.69 Å². The van der Waals surface area contributed by atoms with Crippen LogP contribution in [-0.4, -0.2) is 59.0 Å². The molecule has 2 amide bonds. The first-order chi connectivity index (χ1) is 16.8. The number of aliphatic carboxylic acids is 1. The number of amides is 2. The fourth-order valence-electron chi connectivity index (χ4n) is 4.09. The predicted molar refractivity (Wildman–Crippen MR) is 122 cm³/mol. The van der Waals surface area contributed by atoms with Gasteiger partial charge in [0.05, 0.1) is 16.7 Å². The summed E-state index contributed by atoms with van der Waals surface area (Å²) in [5.41, 5.74) is 0.283. The second-order valence-corrected chi connectivity index (χ2v) is 7.93. The number of carbonyl (C=O) groups is 2. The van der Waals surface area contributed by atoms with E-state index in [1.54, 1.807) is 36.4 Å². The summed E-state index contributed by atoms with van der Waals surface area (Å²) in [5, 5.41) is 28.9. The van der Waals surface area contributed by atoms with Gasteiger partial charge in [0.2, 0.25) is 0 Å². The van der Waals surface area contributed by atoms with Crippen LogP contribution in [0.4, 0.5) is 10.5 Å². The van der Waals surface area contributed by atoms with Crippen molar-refractivity contribution in [1.82, 2.24) is 24.7 Å². The third-order valence-electron chi connectivity index (χ3n) is 5.72. The topological polar surface area (TPSA) is 166 Å². The molecule has 0 saturated heterocycles. The fourth-order valence-corrected chi connectivity index (χ4v) is 4.09. The maximum absolute atomic E-state index is 12.8. The molecule has 0 spiro atoms. The van der Waals surface area contributed by atoms with Crippen molar-refractivity contribution in [2.75, 3.05) is 6.54 Å². The van der Waals surface area contributed by atoms with Crippen LogP contribution in [-0.2, 0) is 11.3 Å². The average Bonchev–Trinajstić information content (AvgIpc) is 3.20. The minimum Gasteiger partial charge on any atom is -0.481 e. The number of hydrogen-bond donors (Lipinski definition) is 1. The van der Waals surface area contributed by atoms with Gasteiger partial charge in [-0.3, -0.25) is 14.9 Å². The Morgan fingerprint density at radius 1 is 1.09 bits per heavy atom. The van der Waals surface area contributed by atoms with Gasteiger partial charge < -0.3 is 10.0 Å². The normalized spacial score (nSPS) is 17.8. The average molecular weight is 479 g/mol. The first-order valence-corrected chi connectivity index (χ1v) is 10.7. The molecule has 3 aromatic rings. The lowest BCUT2D eigenvalue weighted by atomic mass is 9.86. The largest absolute Gasteiger partial charge is 0.481 e. The monoisotopic (exact) mass is 479 g/mol. The van der Waals surface area contributed by atoms with Gasteiger partial charge >= 0.3 is 17.7 Å². The minimum atomic E-state index is -1.21. The van der Waals surface area contributed by atoms with E-state index >= 15 is 0 Å². The summed E-state index contributed by atoms with van der Waals surface area (Å²) in [6, 6.07) is 12.6. The molecule has 1 aliphatic rings. The van der Waals surface area contributed by atoms with Crippen molar-refractivity contribution in [2.24, 2.45) is 10.9 Å². The lowest BCUT2D eigenvalue weighted by Crippen LogP contribution is -2.47. The molecule has 35 heavy (non-hydrogen) atoms. The summed E-state index contributed by atoms with van der Waals surface area (Å²) in [7, 11) is 0. The molecule has 4 rings (SSSR count). The summed E-state index contributed by atoms with van der Waals surface area (Å²) in [6.45, 7) is 1.59. The van der Waals surface area contributed by atoms with E-state index in [0.717, 1.165) is 9.36 Å². The Labute approximate surface area is 198 Å².